The van der Waals surface area contributed by atoms with Gasteiger partial charge in [0.25, 0.3) is 10.1 Å². The average Bonchev–Trinajstić information content (AvgIpc) is 1.60. The highest BCUT2D eigenvalue weighted by molar-refractivity contribution is 7.85. The maximum atomic E-state index is 14.9. The number of primary amides is 1. The number of alkyl carbamates (subject to hydrolysis) is 1. The number of nitrogens with one attached hydrogen (secondary N) is 14. The van der Waals surface area contributed by atoms with E-state index < -0.39 is 296 Å². The van der Waals surface area contributed by atoms with Crippen molar-refractivity contribution in [2.75, 3.05) is 38.6 Å². The third-order valence-corrected chi connectivity index (χ3v) is 20.4. The van der Waals surface area contributed by atoms with Gasteiger partial charge >= 0.3 is 35.9 Å². The molecule has 26 N–H and O–H groups in total. The quantitative estimate of drug-likeness (QED) is 0.00507. The first kappa shape index (κ1) is 97.6. The van der Waals surface area contributed by atoms with E-state index in [0.29, 0.717) is 38.7 Å². The lowest BCUT2D eigenvalue weighted by Crippen LogP contribution is -2.61. The molecule has 1 aliphatic carbocycles. The molecule has 2 aliphatic rings. The van der Waals surface area contributed by atoms with Gasteiger partial charge in [0.15, 0.2) is 5.78 Å². The first-order valence-corrected chi connectivity index (χ1v) is 39.7. The van der Waals surface area contributed by atoms with Gasteiger partial charge in [-0.15, -0.1) is 0 Å². The molecular formula is C76H92BN17O30S. The molecule has 5 aromatic rings. The number of amides is 14. The number of aromatic amines is 1. The summed E-state index contributed by atoms with van der Waals surface area (Å²) in [7, 11) is -3.78. The summed E-state index contributed by atoms with van der Waals surface area (Å²) in [6.45, 7) is -2.87. The maximum absolute atomic E-state index is 14.9. The number of aromatic nitrogens is 1. The zero-order chi connectivity index (χ0) is 92.4. The second-order valence-electron chi connectivity index (χ2n) is 29.0. The van der Waals surface area contributed by atoms with Gasteiger partial charge in [0.1, 0.15) is 74.9 Å². The van der Waals surface area contributed by atoms with Crippen LogP contribution in [0.2, 0.25) is 0 Å². The second kappa shape index (κ2) is 44.9. The number of ether oxygens (including phenoxy) is 2. The van der Waals surface area contributed by atoms with Crippen LogP contribution in [-0.4, -0.2) is 275 Å². The molecule has 14 atom stereocenters. The first-order valence-electron chi connectivity index (χ1n) is 38.3. The molecule has 2 heterocycles. The lowest BCUT2D eigenvalue weighted by atomic mass is 9.94. The number of carbonyl (C=O) groups is 20. The number of aliphatic hydroxyl groups excluding tert-OH is 1. The van der Waals surface area contributed by atoms with Crippen LogP contribution in [0.1, 0.15) is 98.2 Å². The van der Waals surface area contributed by atoms with Gasteiger partial charge in [-0.2, -0.15) is 8.42 Å². The Morgan fingerprint density at radius 3 is 1.82 bits per heavy atom. The van der Waals surface area contributed by atoms with E-state index in [4.69, 9.17) is 26.7 Å². The number of rotatable bonds is 30. The molecular weight excluding hydrogens is 1670 g/mol. The van der Waals surface area contributed by atoms with Crippen molar-refractivity contribution in [1.82, 2.24) is 74.1 Å². The molecule has 47 nitrogen and oxygen atoms in total. The van der Waals surface area contributed by atoms with Crippen LogP contribution in [-0.2, 0) is 112 Å². The third-order valence-electron chi connectivity index (χ3n) is 19.5. The van der Waals surface area contributed by atoms with Crippen molar-refractivity contribution in [1.29, 1.82) is 0 Å². The van der Waals surface area contributed by atoms with Crippen molar-refractivity contribution in [2.24, 2.45) is 17.4 Å². The molecule has 1 saturated heterocycles. The average molecular weight is 1770 g/mol. The summed E-state index contributed by atoms with van der Waals surface area (Å²) in [4.78, 5) is 277. The fourth-order valence-electron chi connectivity index (χ4n) is 13.1. The lowest BCUT2D eigenvalue weighted by Gasteiger charge is -2.30. The number of esters is 1. The number of anilines is 1. The number of nitrogen functional groups attached to an aromatic ring is 1. The van der Waals surface area contributed by atoms with Gasteiger partial charge in [-0.1, -0.05) is 67.6 Å². The zero-order valence-electron chi connectivity index (χ0n) is 66.8. The van der Waals surface area contributed by atoms with E-state index in [1.165, 1.54) is 42.5 Å². The SMILES string of the molecule is B[C@H]1NC(=O)[C@H](CC(=O)O)NC(=O)[C@H](CCCNC(=O)OCC2c3ccccc3-c3ccc(S(=O)(=O)O)cc32)NC(=O)CNC(=O)[C@@H](NC(=O)[C@H](CC(=O)O)NC(=O)[C@@H](CC(N)=O)NC(=O)C(N)Cc2c[nH]c3ccccc23)[C@@H](C)OC(=O)[C@H](CC(=O)c2ccccc2N)NC(=O)[C@H]([C@H](C)CC(=O)O)NC(=O)[C@@H](CO)NC(=O)CNC(=O)[C@H](CC(=O)O)NC1=O. The molecule has 0 bridgehead atoms. The van der Waals surface area contributed by atoms with Crippen LogP contribution < -0.4 is 86.3 Å². The number of H-pyrrole nitrogens is 1. The number of hydrogen-bond acceptors (Lipinski definition) is 27. The summed E-state index contributed by atoms with van der Waals surface area (Å²) >= 11 is 0. The molecule has 2 unspecified atom stereocenters. The molecule has 1 aliphatic heterocycles. The van der Waals surface area contributed by atoms with Crippen LogP contribution in [0.3, 0.4) is 0 Å². The van der Waals surface area contributed by atoms with Crippen LogP contribution in [0.5, 0.6) is 0 Å². The number of carboxylic acids is 4. The lowest BCUT2D eigenvalue weighted by molar-refractivity contribution is -0.156. The first-order chi connectivity index (χ1) is 58.9. The predicted octanol–water partition coefficient (Wildman–Crippen LogP) is -7.52. The summed E-state index contributed by atoms with van der Waals surface area (Å²) in [6.07, 6.45) is -10.2. The highest BCUT2D eigenvalue weighted by Crippen LogP contribution is 2.45. The topological polar surface area (TPSA) is 766 Å². The molecule has 125 heavy (non-hydrogen) atoms. The Kier molecular flexibility index (Phi) is 35.1. The Labute approximate surface area is 709 Å². The Morgan fingerprint density at radius 2 is 1.18 bits per heavy atom. The highest BCUT2D eigenvalue weighted by Gasteiger charge is 2.42. The molecule has 1 aromatic heterocycles. The standard InChI is InChI=1S/C76H92BN17O30S/c1-33(20-58(100)101)62-73(116)91-52(23-54(96)41-13-5-7-14-44(41)78)75(118)124-34(2)63(93-69(112)50(26-60(104)105)89-68(111)48(24-55(80)97)87-65(108)45(79)21-35-28-82-46-15-8-6-10-37(35)46)72(115)84-30-56(98)85-47(16-9-19-81-76(119)123-32-43-39-12-4-3-11-38(39)40-18-17-36(22-42(40)43)125(120,121)122)67(110)88-51(27-61(106)107)70(113)94-64(77)74(117)90-49(25-59(102)103)66(109)83-29-57(99)86-53(31-95)71(114)92-62/h3-8,10-15,17-18,22,28,33-34,43,45,47-53,62-64,82,95H,9,16,19-21,23-27,29-32,77-79H2,1-2H3,(H2,80,97)(H,81,119)(H,83,109)(H,84,115)(H,85,98)(H,86,99)(H,87,108)(H,88,110)(H,89,111)(H,90,117)(H,91,116)(H,92,114)(H,93,112)(H,94,113)(H,100,101)(H,102,103)(H,104,105)(H,106,107)(H,120,121,122)/t33-,34-,43?,45?,47+,48-,49+,50+,51+,52+,53-,62+,63+,64+/m1/s1. The van der Waals surface area contributed by atoms with Crippen LogP contribution >= 0.6 is 0 Å². The Bertz CT molecular complexity index is 5130. The molecule has 14 amide bonds. The Balaban J connectivity index is 1.26. The van der Waals surface area contributed by atoms with Crippen molar-refractivity contribution in [3.63, 3.8) is 0 Å². The number of nitrogens with two attached hydrogens (primary N) is 3. The molecule has 0 saturated carbocycles. The fraction of sp³-hybridized carbons (Fsp3) is 0.395. The zero-order valence-corrected chi connectivity index (χ0v) is 67.7. The maximum Gasteiger partial charge on any atom is 0.407 e. The highest BCUT2D eigenvalue weighted by atomic mass is 32.2. The summed E-state index contributed by atoms with van der Waals surface area (Å²) in [5.74, 6) is -32.8. The number of fused-ring (bicyclic) bond motifs is 4. The number of ketones is 1. The van der Waals surface area contributed by atoms with Crippen molar-refractivity contribution in [3.05, 3.63) is 119 Å². The van der Waals surface area contributed by atoms with E-state index in [-0.39, 0.29) is 24.1 Å². The number of aliphatic carboxylic acids is 4. The van der Waals surface area contributed by atoms with Crippen molar-refractivity contribution < 1.29 is 144 Å². The molecule has 1 fully saturated rings. The number of cyclic esters (lactones) is 1. The van der Waals surface area contributed by atoms with E-state index in [9.17, 15) is 134 Å². The van der Waals surface area contributed by atoms with Crippen LogP contribution in [0.25, 0.3) is 22.0 Å². The largest absolute Gasteiger partial charge is 0.481 e. The minimum atomic E-state index is -4.72. The molecule has 0 radical (unpaired) electrons. The van der Waals surface area contributed by atoms with Gasteiger partial charge in [-0.25, -0.2) is 9.59 Å². The van der Waals surface area contributed by atoms with E-state index in [1.54, 1.807) is 54.7 Å². The predicted molar refractivity (Wildman–Crippen MR) is 430 cm³/mol. The van der Waals surface area contributed by atoms with Crippen LogP contribution in [0.15, 0.2) is 102 Å². The Morgan fingerprint density at radius 1 is 0.608 bits per heavy atom. The van der Waals surface area contributed by atoms with Gasteiger partial charge in [-0.3, -0.25) is 90.9 Å². The van der Waals surface area contributed by atoms with Crippen LogP contribution in [0, 0.1) is 5.92 Å². The monoisotopic (exact) mass is 1770 g/mol. The fourth-order valence-corrected chi connectivity index (χ4v) is 13.7. The van der Waals surface area contributed by atoms with Gasteiger partial charge in [0, 0.05) is 47.2 Å². The number of carboxylic acid groups (broad SMARTS) is 4. The van der Waals surface area contributed by atoms with Crippen LogP contribution in [0.4, 0.5) is 10.5 Å². The van der Waals surface area contributed by atoms with E-state index in [2.05, 4.69) is 52.8 Å². The number of hydrogen-bond donors (Lipinski definition) is 23. The number of benzene rings is 4. The number of para-hydroxylation sites is 2. The van der Waals surface area contributed by atoms with Crippen molar-refractivity contribution in [2.45, 2.75) is 155 Å². The van der Waals surface area contributed by atoms with Gasteiger partial charge in [0.05, 0.1) is 68.7 Å². The number of Topliss-reactive ketones (excluding diaryl/α,β-unsaturated/α-hetero) is 1. The second-order valence-corrected chi connectivity index (χ2v) is 30.4. The minimum Gasteiger partial charge on any atom is -0.481 e. The van der Waals surface area contributed by atoms with Crippen molar-refractivity contribution >= 4 is 153 Å². The molecule has 49 heteroatoms. The third kappa shape index (κ3) is 28.6. The smallest absolute Gasteiger partial charge is 0.407 e. The molecule has 7 rings (SSSR count). The molecule has 4 aromatic carbocycles. The minimum absolute atomic E-state index is 0.175. The van der Waals surface area contributed by atoms with Gasteiger partial charge < -0.3 is 126 Å². The van der Waals surface area contributed by atoms with Gasteiger partial charge in [-0.05, 0) is 90.3 Å². The summed E-state index contributed by atoms with van der Waals surface area (Å²) in [6, 6.07) is 1.12. The normalized spacial score (nSPS) is 21.3. The molecule has 0 spiro atoms. The van der Waals surface area contributed by atoms with Gasteiger partial charge in [0.2, 0.25) is 76.8 Å². The number of aliphatic hydroxyl groups is 1. The molecule has 670 valence electrons. The Hall–Kier alpha value is -14.5. The van der Waals surface area contributed by atoms with Crippen molar-refractivity contribution in [3.8, 4) is 11.1 Å². The van der Waals surface area contributed by atoms with E-state index in [1.807, 2.05) is 21.3 Å². The van der Waals surface area contributed by atoms with E-state index in [0.717, 1.165) is 21.7 Å². The van der Waals surface area contributed by atoms with E-state index >= 15 is 0 Å². The summed E-state index contributed by atoms with van der Waals surface area (Å²) in [5.41, 5.74) is 20.6. The summed E-state index contributed by atoms with van der Waals surface area (Å²) < 4.78 is 45.4. The number of carbonyl (C=O) groups excluding carboxylic acids is 16. The summed E-state index contributed by atoms with van der Waals surface area (Å²) in [5, 5.41) is 78.4.